The highest BCUT2D eigenvalue weighted by molar-refractivity contribution is 5.95. The fraction of sp³-hybridized carbons (Fsp3) is 0.476. The number of benzene rings is 1. The summed E-state index contributed by atoms with van der Waals surface area (Å²) in [5.41, 5.74) is 1.47. The lowest BCUT2D eigenvalue weighted by molar-refractivity contribution is -0.00453. The van der Waals surface area contributed by atoms with Crippen molar-refractivity contribution in [3.05, 3.63) is 47.5 Å². The Labute approximate surface area is 168 Å². The smallest absolute Gasteiger partial charge is 0.415 e. The van der Waals surface area contributed by atoms with Crippen LogP contribution in [0.15, 0.2) is 30.5 Å². The summed E-state index contributed by atoms with van der Waals surface area (Å²) in [5.74, 6) is -0.198. The number of halogens is 1. The molecule has 0 radical (unpaired) electrons. The summed E-state index contributed by atoms with van der Waals surface area (Å²) >= 11 is 0. The molecular weight excluding hydrogens is 375 g/mol. The van der Waals surface area contributed by atoms with Crippen molar-refractivity contribution in [1.82, 2.24) is 15.1 Å². The van der Waals surface area contributed by atoms with Crippen LogP contribution in [-0.4, -0.2) is 52.3 Å². The van der Waals surface area contributed by atoms with E-state index in [1.807, 2.05) is 18.7 Å². The summed E-state index contributed by atoms with van der Waals surface area (Å²) in [6.45, 7) is 5.57. The molecule has 4 rings (SSSR count). The molecule has 0 unspecified atom stereocenters. The average Bonchev–Trinajstić information content (AvgIpc) is 3.33. The molecule has 1 aromatic carbocycles. The Morgan fingerprint density at radius 1 is 1.31 bits per heavy atom. The van der Waals surface area contributed by atoms with Crippen LogP contribution < -0.4 is 4.90 Å². The molecule has 1 N–H and O–H groups in total. The lowest BCUT2D eigenvalue weighted by Crippen LogP contribution is -2.47. The van der Waals surface area contributed by atoms with Crippen LogP contribution in [0.5, 0.6) is 0 Å². The number of aromatic nitrogens is 2. The highest BCUT2D eigenvalue weighted by Gasteiger charge is 2.48. The quantitative estimate of drug-likeness (QED) is 0.853. The van der Waals surface area contributed by atoms with Gasteiger partial charge in [-0.05, 0) is 50.5 Å². The molecule has 154 valence electrons. The van der Waals surface area contributed by atoms with E-state index in [2.05, 4.69) is 10.2 Å². The van der Waals surface area contributed by atoms with Gasteiger partial charge in [0, 0.05) is 30.4 Å². The number of aryl methyl sites for hydroxylation is 1. The summed E-state index contributed by atoms with van der Waals surface area (Å²) in [6.07, 6.45) is 3.42. The van der Waals surface area contributed by atoms with Gasteiger partial charge in [-0.15, -0.1) is 0 Å². The molecule has 3 heterocycles. The van der Waals surface area contributed by atoms with Crippen molar-refractivity contribution in [3.8, 4) is 0 Å². The maximum Gasteiger partial charge on any atom is 0.415 e. The van der Waals surface area contributed by atoms with Crippen LogP contribution in [0.4, 0.5) is 14.9 Å². The van der Waals surface area contributed by atoms with Crippen LogP contribution >= 0.6 is 0 Å². The monoisotopic (exact) mass is 400 g/mol. The molecule has 2 amide bonds. The second kappa shape index (κ2) is 7.50. The first kappa shape index (κ1) is 19.4. The van der Waals surface area contributed by atoms with Gasteiger partial charge in [0.25, 0.3) is 5.91 Å². The molecule has 0 bridgehead atoms. The molecule has 29 heavy (non-hydrogen) atoms. The van der Waals surface area contributed by atoms with E-state index in [1.54, 1.807) is 23.2 Å². The lowest BCUT2D eigenvalue weighted by Gasteiger charge is -2.39. The van der Waals surface area contributed by atoms with Gasteiger partial charge in [0.2, 0.25) is 0 Å². The maximum absolute atomic E-state index is 13.2. The number of nitrogens with one attached hydrogen (secondary N) is 1. The number of amides is 2. The molecule has 2 saturated heterocycles. The fourth-order valence-electron chi connectivity index (χ4n) is 4.33. The number of nitrogens with zero attached hydrogens (tertiary/aromatic N) is 3. The molecule has 0 aliphatic carbocycles. The average molecular weight is 400 g/mol. The van der Waals surface area contributed by atoms with Crippen LogP contribution in [0, 0.1) is 11.7 Å². The molecule has 2 aromatic rings. The Morgan fingerprint density at radius 3 is 2.66 bits per heavy atom. The van der Waals surface area contributed by atoms with Gasteiger partial charge in [-0.25, -0.2) is 9.18 Å². The fourth-order valence-corrected chi connectivity index (χ4v) is 4.33. The number of likely N-dealkylation sites (tertiary alicyclic amines) is 1. The first-order valence-electron chi connectivity index (χ1n) is 9.99. The van der Waals surface area contributed by atoms with Gasteiger partial charge in [0.1, 0.15) is 11.4 Å². The summed E-state index contributed by atoms with van der Waals surface area (Å²) < 4.78 is 19.0. The van der Waals surface area contributed by atoms with Gasteiger partial charge in [-0.2, -0.15) is 5.10 Å². The maximum atomic E-state index is 13.2. The number of anilines is 1. The first-order chi connectivity index (χ1) is 13.9. The zero-order chi connectivity index (χ0) is 20.6. The zero-order valence-corrected chi connectivity index (χ0v) is 16.7. The van der Waals surface area contributed by atoms with Crippen molar-refractivity contribution in [1.29, 1.82) is 0 Å². The molecular formula is C21H25FN4O3. The third-order valence-corrected chi connectivity index (χ3v) is 6.10. The van der Waals surface area contributed by atoms with Crippen LogP contribution in [0.3, 0.4) is 0 Å². The second-order valence-electron chi connectivity index (χ2n) is 7.93. The number of cyclic esters (lactones) is 1. The van der Waals surface area contributed by atoms with Gasteiger partial charge >= 0.3 is 6.09 Å². The van der Waals surface area contributed by atoms with E-state index >= 15 is 0 Å². The van der Waals surface area contributed by atoms with E-state index in [0.29, 0.717) is 30.9 Å². The van der Waals surface area contributed by atoms with Gasteiger partial charge in [0.05, 0.1) is 18.3 Å². The van der Waals surface area contributed by atoms with Gasteiger partial charge in [-0.3, -0.25) is 14.8 Å². The number of hydrogen-bond acceptors (Lipinski definition) is 4. The Balaban J connectivity index is 1.41. The zero-order valence-electron chi connectivity index (χ0n) is 16.7. The lowest BCUT2D eigenvalue weighted by atomic mass is 9.81. The normalized spacial score (nSPS) is 22.8. The molecule has 2 aliphatic rings. The standard InChI is InChI=1S/C21H25FN4O3/c1-3-18-17(12-23-24-18)19(27)25-10-8-14(9-11-25)21(2)13-26(20(28)29-21)16-6-4-15(22)5-7-16/h4-7,12,14H,3,8-11,13H2,1-2H3,(H,23,24)/t21-/m1/s1. The molecule has 8 heteroatoms. The Bertz CT molecular complexity index is 905. The van der Waals surface area contributed by atoms with Crippen LogP contribution in [0.1, 0.15) is 42.7 Å². The van der Waals surface area contributed by atoms with Gasteiger partial charge in [-0.1, -0.05) is 6.92 Å². The van der Waals surface area contributed by atoms with Crippen molar-refractivity contribution < 1.29 is 18.7 Å². The number of piperidine rings is 1. The highest BCUT2D eigenvalue weighted by Crippen LogP contribution is 2.38. The first-order valence-corrected chi connectivity index (χ1v) is 9.99. The number of rotatable bonds is 4. The molecule has 1 atom stereocenters. The van der Waals surface area contributed by atoms with Crippen molar-refractivity contribution in [2.75, 3.05) is 24.5 Å². The minimum atomic E-state index is -0.634. The van der Waals surface area contributed by atoms with Crippen molar-refractivity contribution in [2.24, 2.45) is 5.92 Å². The van der Waals surface area contributed by atoms with Crippen LogP contribution in [-0.2, 0) is 11.2 Å². The minimum Gasteiger partial charge on any atom is -0.441 e. The molecule has 2 aliphatic heterocycles. The van der Waals surface area contributed by atoms with Crippen LogP contribution in [0.2, 0.25) is 0 Å². The number of carbonyl (C=O) groups is 2. The van der Waals surface area contributed by atoms with E-state index in [9.17, 15) is 14.0 Å². The van der Waals surface area contributed by atoms with E-state index in [4.69, 9.17) is 4.74 Å². The van der Waals surface area contributed by atoms with E-state index < -0.39 is 11.7 Å². The topological polar surface area (TPSA) is 78.5 Å². The summed E-state index contributed by atoms with van der Waals surface area (Å²) in [4.78, 5) is 28.7. The molecule has 1 aromatic heterocycles. The third kappa shape index (κ3) is 3.59. The third-order valence-electron chi connectivity index (χ3n) is 6.10. The minimum absolute atomic E-state index is 0.00411. The van der Waals surface area contributed by atoms with E-state index in [1.165, 1.54) is 12.1 Å². The molecule has 7 nitrogen and oxygen atoms in total. The SMILES string of the molecule is CCc1[nH]ncc1C(=O)N1CCC([C@@]2(C)CN(c3ccc(F)cc3)C(=O)O2)CC1. The number of H-pyrrole nitrogens is 1. The van der Waals surface area contributed by atoms with Crippen LogP contribution in [0.25, 0.3) is 0 Å². The number of carbonyl (C=O) groups excluding carboxylic acids is 2. The van der Waals surface area contributed by atoms with Crippen molar-refractivity contribution in [3.63, 3.8) is 0 Å². The number of ether oxygens (including phenoxy) is 1. The Hall–Kier alpha value is -2.90. The largest absolute Gasteiger partial charge is 0.441 e. The molecule has 0 saturated carbocycles. The van der Waals surface area contributed by atoms with E-state index in [-0.39, 0.29) is 17.6 Å². The Kier molecular flexibility index (Phi) is 5.02. The van der Waals surface area contributed by atoms with Crippen molar-refractivity contribution in [2.45, 2.75) is 38.7 Å². The van der Waals surface area contributed by atoms with E-state index in [0.717, 1.165) is 25.0 Å². The highest BCUT2D eigenvalue weighted by atomic mass is 19.1. The van der Waals surface area contributed by atoms with Gasteiger partial charge < -0.3 is 9.64 Å². The Morgan fingerprint density at radius 2 is 2.00 bits per heavy atom. The predicted molar refractivity (Wildman–Crippen MR) is 105 cm³/mol. The summed E-state index contributed by atoms with van der Waals surface area (Å²) in [6, 6.07) is 5.84. The summed E-state index contributed by atoms with van der Waals surface area (Å²) in [5, 5.41) is 6.87. The predicted octanol–water partition coefficient (Wildman–Crippen LogP) is 3.38. The molecule has 2 fully saturated rings. The molecule has 0 spiro atoms. The van der Waals surface area contributed by atoms with Crippen molar-refractivity contribution >= 4 is 17.7 Å². The number of aromatic amines is 1. The second-order valence-corrected chi connectivity index (χ2v) is 7.93. The number of hydrogen-bond donors (Lipinski definition) is 1. The summed E-state index contributed by atoms with van der Waals surface area (Å²) in [7, 11) is 0. The van der Waals surface area contributed by atoms with Gasteiger partial charge in [0.15, 0.2) is 0 Å².